The van der Waals surface area contributed by atoms with E-state index in [-0.39, 0.29) is 18.0 Å². The van der Waals surface area contributed by atoms with Crippen molar-refractivity contribution in [3.05, 3.63) is 29.6 Å². The summed E-state index contributed by atoms with van der Waals surface area (Å²) < 4.78 is 19.2. The van der Waals surface area contributed by atoms with E-state index >= 15 is 0 Å². The van der Waals surface area contributed by atoms with Gasteiger partial charge < -0.3 is 10.1 Å². The molecule has 16 heavy (non-hydrogen) atoms. The van der Waals surface area contributed by atoms with Crippen molar-refractivity contribution in [3.63, 3.8) is 0 Å². The van der Waals surface area contributed by atoms with Crippen molar-refractivity contribution in [2.75, 3.05) is 7.05 Å². The van der Waals surface area contributed by atoms with Crippen molar-refractivity contribution < 1.29 is 9.13 Å². The highest BCUT2D eigenvalue weighted by Gasteiger charge is 2.10. The maximum absolute atomic E-state index is 13.7. The van der Waals surface area contributed by atoms with Crippen LogP contribution in [0.15, 0.2) is 18.2 Å². The van der Waals surface area contributed by atoms with E-state index < -0.39 is 0 Å². The highest BCUT2D eigenvalue weighted by Crippen LogP contribution is 2.23. The molecule has 2 unspecified atom stereocenters. The zero-order valence-corrected chi connectivity index (χ0v) is 10.4. The number of hydrogen-bond acceptors (Lipinski definition) is 2. The molecule has 0 aliphatic carbocycles. The normalized spacial score (nSPS) is 14.6. The first-order valence-corrected chi connectivity index (χ1v) is 5.71. The number of rotatable bonds is 5. The average Bonchev–Trinajstić information content (AvgIpc) is 2.30. The summed E-state index contributed by atoms with van der Waals surface area (Å²) in [6, 6.07) is 5.26. The summed E-state index contributed by atoms with van der Waals surface area (Å²) in [6.07, 6.45) is 0.913. The van der Waals surface area contributed by atoms with E-state index in [0.717, 1.165) is 12.0 Å². The lowest BCUT2D eigenvalue weighted by atomic mass is 10.1. The van der Waals surface area contributed by atoms with Crippen LogP contribution in [0.4, 0.5) is 4.39 Å². The summed E-state index contributed by atoms with van der Waals surface area (Å²) in [5.74, 6) is 0.0429. The van der Waals surface area contributed by atoms with Crippen LogP contribution in [-0.2, 0) is 0 Å². The van der Waals surface area contributed by atoms with Crippen molar-refractivity contribution in [3.8, 4) is 5.75 Å². The quantitative estimate of drug-likeness (QED) is 0.830. The lowest BCUT2D eigenvalue weighted by molar-refractivity contribution is 0.207. The minimum atomic E-state index is -0.292. The molecule has 0 aliphatic heterocycles. The van der Waals surface area contributed by atoms with Crippen molar-refractivity contribution in [1.82, 2.24) is 5.32 Å². The first kappa shape index (κ1) is 13.0. The monoisotopic (exact) mass is 225 g/mol. The molecule has 0 aromatic heterocycles. The number of ether oxygens (including phenoxy) is 1. The Morgan fingerprint density at radius 3 is 2.56 bits per heavy atom. The fourth-order valence-electron chi connectivity index (χ4n) is 1.35. The summed E-state index contributed by atoms with van der Waals surface area (Å²) in [6.45, 7) is 5.94. The fourth-order valence-corrected chi connectivity index (χ4v) is 1.35. The number of benzene rings is 1. The van der Waals surface area contributed by atoms with E-state index in [4.69, 9.17) is 4.74 Å². The van der Waals surface area contributed by atoms with Gasteiger partial charge >= 0.3 is 0 Å². The molecule has 0 heterocycles. The molecular formula is C13H20FNO. The van der Waals surface area contributed by atoms with Gasteiger partial charge in [-0.05, 0) is 45.0 Å². The summed E-state index contributed by atoms with van der Waals surface area (Å²) in [7, 11) is 1.85. The summed E-state index contributed by atoms with van der Waals surface area (Å²) in [4.78, 5) is 0. The van der Waals surface area contributed by atoms with Gasteiger partial charge in [-0.25, -0.2) is 4.39 Å². The van der Waals surface area contributed by atoms with Crippen LogP contribution in [0.1, 0.15) is 38.8 Å². The number of halogens is 1. The lowest BCUT2D eigenvalue weighted by Crippen LogP contribution is -2.14. The second kappa shape index (κ2) is 5.85. The predicted molar refractivity (Wildman–Crippen MR) is 64.3 cm³/mol. The summed E-state index contributed by atoms with van der Waals surface area (Å²) in [5.41, 5.74) is 0.927. The Bertz CT molecular complexity index is 341. The molecule has 0 saturated carbocycles. The number of nitrogens with one attached hydrogen (secondary N) is 1. The summed E-state index contributed by atoms with van der Waals surface area (Å²) in [5, 5.41) is 3.07. The van der Waals surface area contributed by atoms with Crippen LogP contribution in [0, 0.1) is 5.82 Å². The first-order chi connectivity index (χ1) is 7.58. The van der Waals surface area contributed by atoms with Gasteiger partial charge in [-0.15, -0.1) is 0 Å². The van der Waals surface area contributed by atoms with Gasteiger partial charge in [0.2, 0.25) is 0 Å². The Kier molecular flexibility index (Phi) is 4.74. The third-order valence-corrected chi connectivity index (χ3v) is 2.79. The molecule has 1 rings (SSSR count). The van der Waals surface area contributed by atoms with Gasteiger partial charge in [-0.1, -0.05) is 13.0 Å². The fraction of sp³-hybridized carbons (Fsp3) is 0.538. The molecule has 0 radical (unpaired) electrons. The molecule has 1 aromatic rings. The maximum Gasteiger partial charge on any atom is 0.165 e. The topological polar surface area (TPSA) is 21.3 Å². The zero-order valence-electron chi connectivity index (χ0n) is 10.4. The zero-order chi connectivity index (χ0) is 12.1. The van der Waals surface area contributed by atoms with E-state index in [1.165, 1.54) is 6.07 Å². The van der Waals surface area contributed by atoms with Crippen LogP contribution in [0.3, 0.4) is 0 Å². The molecule has 0 bridgehead atoms. The third kappa shape index (κ3) is 3.20. The van der Waals surface area contributed by atoms with Crippen LogP contribution in [0.5, 0.6) is 5.75 Å². The van der Waals surface area contributed by atoms with Crippen molar-refractivity contribution >= 4 is 0 Å². The minimum absolute atomic E-state index is 0.0436. The van der Waals surface area contributed by atoms with Gasteiger partial charge in [0.15, 0.2) is 11.6 Å². The maximum atomic E-state index is 13.7. The largest absolute Gasteiger partial charge is 0.488 e. The first-order valence-electron chi connectivity index (χ1n) is 5.71. The molecule has 90 valence electrons. The molecule has 1 N–H and O–H groups in total. The Morgan fingerprint density at radius 2 is 2.06 bits per heavy atom. The number of hydrogen-bond donors (Lipinski definition) is 1. The molecule has 3 heteroatoms. The molecular weight excluding hydrogens is 205 g/mol. The molecule has 0 aliphatic rings. The highest BCUT2D eigenvalue weighted by molar-refractivity contribution is 5.31. The third-order valence-electron chi connectivity index (χ3n) is 2.79. The Labute approximate surface area is 96.8 Å². The van der Waals surface area contributed by atoms with Crippen LogP contribution in [0.25, 0.3) is 0 Å². The van der Waals surface area contributed by atoms with Crippen molar-refractivity contribution in [1.29, 1.82) is 0 Å². The smallest absolute Gasteiger partial charge is 0.165 e. The molecule has 0 spiro atoms. The molecule has 0 fully saturated rings. The second-order valence-electron chi connectivity index (χ2n) is 4.04. The minimum Gasteiger partial charge on any atom is -0.488 e. The van der Waals surface area contributed by atoms with Gasteiger partial charge in [0.25, 0.3) is 0 Å². The van der Waals surface area contributed by atoms with Gasteiger partial charge in [0.05, 0.1) is 6.10 Å². The Hall–Kier alpha value is -1.09. The second-order valence-corrected chi connectivity index (χ2v) is 4.04. The van der Waals surface area contributed by atoms with Crippen molar-refractivity contribution in [2.45, 2.75) is 39.3 Å². The molecule has 0 saturated heterocycles. The highest BCUT2D eigenvalue weighted by atomic mass is 19.1. The lowest BCUT2D eigenvalue weighted by Gasteiger charge is -2.15. The van der Waals surface area contributed by atoms with E-state index in [0.29, 0.717) is 5.75 Å². The van der Waals surface area contributed by atoms with Crippen LogP contribution < -0.4 is 10.1 Å². The van der Waals surface area contributed by atoms with Gasteiger partial charge in [-0.2, -0.15) is 0 Å². The van der Waals surface area contributed by atoms with Crippen LogP contribution in [0.2, 0.25) is 0 Å². The van der Waals surface area contributed by atoms with E-state index in [1.54, 1.807) is 6.07 Å². The average molecular weight is 225 g/mol. The van der Waals surface area contributed by atoms with Gasteiger partial charge in [0.1, 0.15) is 0 Å². The molecule has 1 aromatic carbocycles. The molecule has 2 nitrogen and oxygen atoms in total. The van der Waals surface area contributed by atoms with E-state index in [1.807, 2.05) is 33.9 Å². The van der Waals surface area contributed by atoms with Gasteiger partial charge in [0, 0.05) is 6.04 Å². The van der Waals surface area contributed by atoms with Crippen LogP contribution in [-0.4, -0.2) is 13.2 Å². The summed E-state index contributed by atoms with van der Waals surface area (Å²) >= 11 is 0. The Balaban J connectivity index is 2.83. The van der Waals surface area contributed by atoms with Crippen LogP contribution >= 0.6 is 0 Å². The van der Waals surface area contributed by atoms with E-state index in [2.05, 4.69) is 5.32 Å². The SMILES string of the molecule is CCC(C)Oc1ccc(C(C)NC)cc1F. The van der Waals surface area contributed by atoms with Gasteiger partial charge in [-0.3, -0.25) is 0 Å². The van der Waals surface area contributed by atoms with E-state index in [9.17, 15) is 4.39 Å². The Morgan fingerprint density at radius 1 is 1.38 bits per heavy atom. The van der Waals surface area contributed by atoms with Crippen molar-refractivity contribution in [2.24, 2.45) is 0 Å². The standard InChI is InChI=1S/C13H20FNO/c1-5-9(2)16-13-7-6-11(8-12(13)14)10(3)15-4/h6-10,15H,5H2,1-4H3. The predicted octanol–water partition coefficient (Wildman–Crippen LogP) is 3.28. The molecule has 2 atom stereocenters. The molecule has 0 amide bonds.